The predicted octanol–water partition coefficient (Wildman–Crippen LogP) is 2.50. The summed E-state index contributed by atoms with van der Waals surface area (Å²) < 4.78 is 17.3. The fourth-order valence-electron chi connectivity index (χ4n) is 4.22. The Morgan fingerprint density at radius 3 is 2.73 bits per heavy atom. The number of hydrogen-bond acceptors (Lipinski definition) is 7. The first kappa shape index (κ1) is 21.0. The zero-order valence-corrected chi connectivity index (χ0v) is 18.3. The van der Waals surface area contributed by atoms with Crippen LogP contribution in [0.4, 0.5) is 5.00 Å². The first-order valence-electron chi connectivity index (χ1n) is 9.79. The van der Waals surface area contributed by atoms with Crippen LogP contribution in [0, 0.1) is 0 Å². The molecule has 2 amide bonds. The van der Waals surface area contributed by atoms with Crippen molar-refractivity contribution in [1.82, 2.24) is 10.2 Å². The molecule has 2 aromatic rings. The number of anilines is 1. The summed E-state index contributed by atoms with van der Waals surface area (Å²) in [6, 6.07) is 0. The lowest BCUT2D eigenvalue weighted by Crippen LogP contribution is -2.42. The smallest absolute Gasteiger partial charge is 0.274 e. The Labute approximate surface area is 178 Å². The lowest BCUT2D eigenvalue weighted by molar-refractivity contribution is -0.135. The summed E-state index contributed by atoms with van der Waals surface area (Å²) in [7, 11) is 0. The van der Waals surface area contributed by atoms with Crippen molar-refractivity contribution in [1.29, 1.82) is 0 Å². The van der Waals surface area contributed by atoms with Gasteiger partial charge in [0, 0.05) is 16.9 Å². The molecule has 10 heteroatoms. The zero-order chi connectivity index (χ0) is 21.7. The number of rotatable bonds is 4. The molecule has 30 heavy (non-hydrogen) atoms. The minimum absolute atomic E-state index is 0.267. The SMILES string of the molecule is CC1(C)Cc2c(sc(NC(=O)c3[nH]ncc3C3COCCO3)c2C(N)=O)C(C)(C)O1. The number of amides is 2. The Bertz CT molecular complexity index is 987. The third-order valence-corrected chi connectivity index (χ3v) is 6.67. The number of carbonyl (C=O) groups is 2. The number of nitrogens with one attached hydrogen (secondary N) is 2. The van der Waals surface area contributed by atoms with Crippen LogP contribution in [-0.2, 0) is 26.2 Å². The second-order valence-electron chi connectivity index (χ2n) is 8.62. The summed E-state index contributed by atoms with van der Waals surface area (Å²) in [6.45, 7) is 9.17. The van der Waals surface area contributed by atoms with E-state index in [1.54, 1.807) is 6.20 Å². The standard InChI is InChI=1S/C20H26N4O5S/c1-19(2)7-10-13(16(21)25)18(30-15(10)20(3,4)29-19)23-17(26)14-11(8-22-24-14)12-9-27-5-6-28-12/h8,12H,5-7,9H2,1-4H3,(H2,21,25)(H,22,24)(H,23,26). The largest absolute Gasteiger partial charge is 0.376 e. The molecule has 1 atom stereocenters. The average Bonchev–Trinajstić information content (AvgIpc) is 3.26. The molecule has 1 fully saturated rings. The minimum Gasteiger partial charge on any atom is -0.376 e. The molecule has 1 unspecified atom stereocenters. The maximum atomic E-state index is 13.1. The highest BCUT2D eigenvalue weighted by Crippen LogP contribution is 2.48. The fourth-order valence-corrected chi connectivity index (χ4v) is 5.48. The molecule has 0 radical (unpaired) electrons. The number of primary amides is 1. The van der Waals surface area contributed by atoms with Crippen molar-refractivity contribution >= 4 is 28.2 Å². The van der Waals surface area contributed by atoms with E-state index < -0.39 is 23.0 Å². The normalized spacial score (nSPS) is 22.3. The maximum absolute atomic E-state index is 13.1. The van der Waals surface area contributed by atoms with Crippen LogP contribution < -0.4 is 11.1 Å². The Balaban J connectivity index is 1.68. The van der Waals surface area contributed by atoms with Crippen molar-refractivity contribution in [3.63, 3.8) is 0 Å². The molecule has 1 saturated heterocycles. The van der Waals surface area contributed by atoms with Crippen molar-refractivity contribution in [2.45, 2.75) is 51.4 Å². The van der Waals surface area contributed by atoms with Gasteiger partial charge in [0.1, 0.15) is 16.8 Å². The number of aromatic nitrogens is 2. The first-order valence-corrected chi connectivity index (χ1v) is 10.6. The molecular weight excluding hydrogens is 408 g/mol. The lowest BCUT2D eigenvalue weighted by atomic mass is 9.86. The first-order chi connectivity index (χ1) is 14.1. The molecule has 0 saturated carbocycles. The molecule has 2 aliphatic heterocycles. The summed E-state index contributed by atoms with van der Waals surface area (Å²) in [6.07, 6.45) is 1.71. The number of fused-ring (bicyclic) bond motifs is 1. The van der Waals surface area contributed by atoms with Gasteiger partial charge in [-0.05, 0) is 33.3 Å². The van der Waals surface area contributed by atoms with Crippen LogP contribution in [0.15, 0.2) is 6.20 Å². The van der Waals surface area contributed by atoms with Gasteiger partial charge in [-0.1, -0.05) is 0 Å². The van der Waals surface area contributed by atoms with Crippen LogP contribution in [0.5, 0.6) is 0 Å². The Morgan fingerprint density at radius 1 is 1.30 bits per heavy atom. The third kappa shape index (κ3) is 3.76. The molecule has 0 bridgehead atoms. The van der Waals surface area contributed by atoms with Crippen molar-refractivity contribution < 1.29 is 23.8 Å². The van der Waals surface area contributed by atoms with Crippen LogP contribution in [0.25, 0.3) is 0 Å². The van der Waals surface area contributed by atoms with E-state index in [2.05, 4.69) is 15.5 Å². The molecular formula is C20H26N4O5S. The number of hydrogen-bond donors (Lipinski definition) is 3. The van der Waals surface area contributed by atoms with E-state index in [4.69, 9.17) is 19.9 Å². The van der Waals surface area contributed by atoms with E-state index in [0.29, 0.717) is 42.4 Å². The second-order valence-corrected chi connectivity index (χ2v) is 9.64. The summed E-state index contributed by atoms with van der Waals surface area (Å²) >= 11 is 1.32. The Hall–Kier alpha value is -2.27. The van der Waals surface area contributed by atoms with Crippen LogP contribution in [-0.4, -0.2) is 47.4 Å². The molecule has 0 spiro atoms. The monoisotopic (exact) mass is 434 g/mol. The number of nitrogens with zero attached hydrogens (tertiary/aromatic N) is 1. The van der Waals surface area contributed by atoms with E-state index in [1.165, 1.54) is 11.3 Å². The van der Waals surface area contributed by atoms with Gasteiger partial charge in [0.2, 0.25) is 0 Å². The number of thiophene rings is 1. The third-order valence-electron chi connectivity index (χ3n) is 5.22. The number of H-pyrrole nitrogens is 1. The Kier molecular flexibility index (Phi) is 5.21. The van der Waals surface area contributed by atoms with Gasteiger partial charge >= 0.3 is 0 Å². The molecule has 2 aromatic heterocycles. The van der Waals surface area contributed by atoms with E-state index in [0.717, 1.165) is 10.4 Å². The van der Waals surface area contributed by atoms with E-state index in [1.807, 2.05) is 27.7 Å². The van der Waals surface area contributed by atoms with Crippen molar-refractivity contribution in [3.8, 4) is 0 Å². The highest BCUT2D eigenvalue weighted by atomic mass is 32.1. The minimum atomic E-state index is -0.610. The van der Waals surface area contributed by atoms with E-state index in [-0.39, 0.29) is 11.8 Å². The number of nitrogens with two attached hydrogens (primary N) is 1. The molecule has 9 nitrogen and oxygen atoms in total. The summed E-state index contributed by atoms with van der Waals surface area (Å²) in [5.41, 5.74) is 6.70. The average molecular weight is 435 g/mol. The molecule has 162 valence electrons. The van der Waals surface area contributed by atoms with Crippen LogP contribution in [0.3, 0.4) is 0 Å². The molecule has 0 aliphatic carbocycles. The van der Waals surface area contributed by atoms with Gasteiger partial charge in [0.25, 0.3) is 11.8 Å². The fraction of sp³-hybridized carbons (Fsp3) is 0.550. The Morgan fingerprint density at radius 2 is 2.07 bits per heavy atom. The lowest BCUT2D eigenvalue weighted by Gasteiger charge is -2.41. The molecule has 0 aromatic carbocycles. The molecule has 4 rings (SSSR count). The highest BCUT2D eigenvalue weighted by Gasteiger charge is 2.43. The second kappa shape index (κ2) is 7.45. The van der Waals surface area contributed by atoms with Gasteiger partial charge in [-0.3, -0.25) is 14.7 Å². The van der Waals surface area contributed by atoms with Gasteiger partial charge in [-0.15, -0.1) is 11.3 Å². The van der Waals surface area contributed by atoms with Crippen LogP contribution in [0.1, 0.15) is 70.6 Å². The number of carbonyl (C=O) groups excluding carboxylic acids is 2. The maximum Gasteiger partial charge on any atom is 0.274 e. The molecule has 2 aliphatic rings. The summed E-state index contributed by atoms with van der Waals surface area (Å²) in [5, 5.41) is 9.99. The quantitative estimate of drug-likeness (QED) is 0.678. The molecule has 4 N–H and O–H groups in total. The van der Waals surface area contributed by atoms with Gasteiger partial charge in [0.15, 0.2) is 0 Å². The van der Waals surface area contributed by atoms with Gasteiger partial charge in [-0.25, -0.2) is 0 Å². The van der Waals surface area contributed by atoms with Gasteiger partial charge < -0.3 is 25.3 Å². The number of aromatic amines is 1. The van der Waals surface area contributed by atoms with Crippen LogP contribution >= 0.6 is 11.3 Å². The van der Waals surface area contributed by atoms with Crippen molar-refractivity contribution in [2.24, 2.45) is 5.73 Å². The summed E-state index contributed by atoms with van der Waals surface area (Å²) in [5.74, 6) is -0.999. The summed E-state index contributed by atoms with van der Waals surface area (Å²) in [4.78, 5) is 26.3. The molecule has 4 heterocycles. The zero-order valence-electron chi connectivity index (χ0n) is 17.5. The van der Waals surface area contributed by atoms with E-state index >= 15 is 0 Å². The highest BCUT2D eigenvalue weighted by molar-refractivity contribution is 7.17. The topological polar surface area (TPSA) is 129 Å². The number of ether oxygens (including phenoxy) is 3. The predicted molar refractivity (Wildman–Crippen MR) is 111 cm³/mol. The van der Waals surface area contributed by atoms with Gasteiger partial charge in [-0.2, -0.15) is 5.10 Å². The van der Waals surface area contributed by atoms with Gasteiger partial charge in [0.05, 0.1) is 42.8 Å². The van der Waals surface area contributed by atoms with E-state index in [9.17, 15) is 9.59 Å². The van der Waals surface area contributed by atoms with Crippen molar-refractivity contribution in [2.75, 3.05) is 25.1 Å². The van der Waals surface area contributed by atoms with Crippen molar-refractivity contribution in [3.05, 3.63) is 33.5 Å². The van der Waals surface area contributed by atoms with Crippen LogP contribution in [0.2, 0.25) is 0 Å².